The lowest BCUT2D eigenvalue weighted by atomic mass is 10.1. The summed E-state index contributed by atoms with van der Waals surface area (Å²) >= 11 is 1.54. The van der Waals surface area contributed by atoms with E-state index in [1.165, 1.54) is 17.4 Å². The van der Waals surface area contributed by atoms with Crippen molar-refractivity contribution in [3.05, 3.63) is 42.2 Å². The fraction of sp³-hybridized carbons (Fsp3) is 0. The van der Waals surface area contributed by atoms with Crippen molar-refractivity contribution >= 4 is 37.2 Å². The van der Waals surface area contributed by atoms with Crippen LogP contribution in [-0.2, 0) is 0 Å². The summed E-state index contributed by atoms with van der Waals surface area (Å²) in [5.41, 5.74) is 6.63. The van der Waals surface area contributed by atoms with E-state index in [0.717, 1.165) is 25.9 Å². The second-order valence-corrected chi connectivity index (χ2v) is 4.52. The van der Waals surface area contributed by atoms with Crippen LogP contribution < -0.4 is 5.73 Å². The van der Waals surface area contributed by atoms with E-state index in [1.807, 2.05) is 24.3 Å². The predicted molar refractivity (Wildman–Crippen MR) is 63.7 cm³/mol. The van der Waals surface area contributed by atoms with Crippen LogP contribution in [0, 0.1) is 5.82 Å². The molecule has 0 unspecified atom stereocenters. The van der Waals surface area contributed by atoms with Crippen molar-refractivity contribution in [1.29, 1.82) is 0 Å². The molecule has 3 rings (SSSR count). The number of hydrogen-bond acceptors (Lipinski definition) is 2. The van der Waals surface area contributed by atoms with Crippen LogP contribution in [0.25, 0.3) is 20.2 Å². The Kier molecular flexibility index (Phi) is 1.70. The van der Waals surface area contributed by atoms with Gasteiger partial charge in [-0.2, -0.15) is 0 Å². The van der Waals surface area contributed by atoms with Gasteiger partial charge in [0.05, 0.1) is 4.70 Å². The van der Waals surface area contributed by atoms with E-state index in [-0.39, 0.29) is 5.82 Å². The molecule has 1 heterocycles. The van der Waals surface area contributed by atoms with E-state index in [1.54, 1.807) is 6.07 Å². The second kappa shape index (κ2) is 2.94. The highest BCUT2D eigenvalue weighted by Crippen LogP contribution is 2.36. The Morgan fingerprint density at radius 2 is 1.93 bits per heavy atom. The highest BCUT2D eigenvalue weighted by molar-refractivity contribution is 7.26. The van der Waals surface area contributed by atoms with Gasteiger partial charge in [0.15, 0.2) is 0 Å². The van der Waals surface area contributed by atoms with Crippen molar-refractivity contribution in [2.75, 3.05) is 5.73 Å². The maximum Gasteiger partial charge on any atom is 0.124 e. The number of thiophene rings is 1. The van der Waals surface area contributed by atoms with Gasteiger partial charge in [-0.05, 0) is 24.3 Å². The lowest BCUT2D eigenvalue weighted by molar-refractivity contribution is 0.630. The summed E-state index contributed by atoms with van der Waals surface area (Å²) in [5, 5.41) is 2.18. The Morgan fingerprint density at radius 1 is 1.07 bits per heavy atom. The third kappa shape index (κ3) is 1.20. The van der Waals surface area contributed by atoms with Crippen molar-refractivity contribution in [2.24, 2.45) is 0 Å². The van der Waals surface area contributed by atoms with Crippen LogP contribution in [0.1, 0.15) is 0 Å². The monoisotopic (exact) mass is 217 g/mol. The standard InChI is InChI=1S/C12H8FNS/c13-7-4-5-8-9-2-1-3-10(14)12(9)15-11(8)6-7/h1-6H,14H2. The molecule has 3 aromatic rings. The van der Waals surface area contributed by atoms with Crippen LogP contribution in [0.15, 0.2) is 36.4 Å². The second-order valence-electron chi connectivity index (χ2n) is 3.47. The minimum absolute atomic E-state index is 0.201. The molecule has 0 atom stereocenters. The topological polar surface area (TPSA) is 26.0 Å². The molecule has 74 valence electrons. The molecule has 0 radical (unpaired) electrons. The fourth-order valence-corrected chi connectivity index (χ4v) is 2.95. The molecule has 0 aliphatic carbocycles. The van der Waals surface area contributed by atoms with Crippen LogP contribution in [0.2, 0.25) is 0 Å². The first kappa shape index (κ1) is 8.68. The molecule has 2 aromatic carbocycles. The number of fused-ring (bicyclic) bond motifs is 3. The molecule has 1 nitrogen and oxygen atoms in total. The third-order valence-corrected chi connectivity index (χ3v) is 3.71. The molecule has 0 fully saturated rings. The zero-order valence-corrected chi connectivity index (χ0v) is 8.64. The van der Waals surface area contributed by atoms with Gasteiger partial charge < -0.3 is 5.73 Å². The minimum atomic E-state index is -0.201. The molecule has 0 bridgehead atoms. The molecule has 3 heteroatoms. The van der Waals surface area contributed by atoms with Crippen molar-refractivity contribution in [2.45, 2.75) is 0 Å². The molecule has 2 N–H and O–H groups in total. The smallest absolute Gasteiger partial charge is 0.124 e. The lowest BCUT2D eigenvalue weighted by Gasteiger charge is -1.93. The average Bonchev–Trinajstić information content (AvgIpc) is 2.57. The van der Waals surface area contributed by atoms with Gasteiger partial charge in [0.1, 0.15) is 5.82 Å². The van der Waals surface area contributed by atoms with Gasteiger partial charge in [0.25, 0.3) is 0 Å². The Morgan fingerprint density at radius 3 is 2.80 bits per heavy atom. The fourth-order valence-electron chi connectivity index (χ4n) is 1.79. The summed E-state index contributed by atoms with van der Waals surface area (Å²) in [6.07, 6.45) is 0. The van der Waals surface area contributed by atoms with Crippen LogP contribution in [0.3, 0.4) is 0 Å². The highest BCUT2D eigenvalue weighted by Gasteiger charge is 2.07. The van der Waals surface area contributed by atoms with Crippen molar-refractivity contribution in [1.82, 2.24) is 0 Å². The summed E-state index contributed by atoms with van der Waals surface area (Å²) in [5.74, 6) is -0.201. The maximum atomic E-state index is 13.0. The van der Waals surface area contributed by atoms with Gasteiger partial charge >= 0.3 is 0 Å². The molecule has 0 aliphatic rings. The number of rotatable bonds is 0. The number of nitrogen functional groups attached to an aromatic ring is 1. The van der Waals surface area contributed by atoms with Gasteiger partial charge in [0, 0.05) is 21.2 Å². The zero-order chi connectivity index (χ0) is 10.4. The normalized spacial score (nSPS) is 11.3. The van der Waals surface area contributed by atoms with Gasteiger partial charge in [-0.25, -0.2) is 4.39 Å². The predicted octanol–water partition coefficient (Wildman–Crippen LogP) is 3.78. The first-order chi connectivity index (χ1) is 7.25. The summed E-state index contributed by atoms with van der Waals surface area (Å²) in [6.45, 7) is 0. The quantitative estimate of drug-likeness (QED) is 0.570. The minimum Gasteiger partial charge on any atom is -0.398 e. The molecule has 0 saturated carbocycles. The number of benzene rings is 2. The van der Waals surface area contributed by atoms with Crippen LogP contribution in [0.5, 0.6) is 0 Å². The summed E-state index contributed by atoms with van der Waals surface area (Å²) in [6, 6.07) is 10.7. The van der Waals surface area contributed by atoms with Crippen molar-refractivity contribution < 1.29 is 4.39 Å². The molecule has 0 aliphatic heterocycles. The van der Waals surface area contributed by atoms with Crippen molar-refractivity contribution in [3.8, 4) is 0 Å². The molecular weight excluding hydrogens is 209 g/mol. The number of hydrogen-bond donors (Lipinski definition) is 1. The summed E-state index contributed by atoms with van der Waals surface area (Å²) < 4.78 is 15.0. The van der Waals surface area contributed by atoms with Gasteiger partial charge in [-0.3, -0.25) is 0 Å². The zero-order valence-electron chi connectivity index (χ0n) is 7.83. The Balaban J connectivity index is 2.57. The molecule has 15 heavy (non-hydrogen) atoms. The molecular formula is C12H8FNS. The van der Waals surface area contributed by atoms with E-state index in [4.69, 9.17) is 5.73 Å². The van der Waals surface area contributed by atoms with E-state index >= 15 is 0 Å². The SMILES string of the molecule is Nc1cccc2c1sc1cc(F)ccc12. The Bertz CT molecular complexity index is 657. The molecule has 0 amide bonds. The average molecular weight is 217 g/mol. The lowest BCUT2D eigenvalue weighted by Crippen LogP contribution is -1.81. The van der Waals surface area contributed by atoms with Gasteiger partial charge in [-0.15, -0.1) is 11.3 Å². The van der Waals surface area contributed by atoms with Gasteiger partial charge in [-0.1, -0.05) is 12.1 Å². The van der Waals surface area contributed by atoms with E-state index in [9.17, 15) is 4.39 Å². The number of halogens is 1. The van der Waals surface area contributed by atoms with Crippen molar-refractivity contribution in [3.63, 3.8) is 0 Å². The first-order valence-electron chi connectivity index (χ1n) is 4.62. The molecule has 0 saturated heterocycles. The Labute approximate surface area is 89.9 Å². The third-order valence-electron chi connectivity index (χ3n) is 2.49. The molecule has 0 spiro atoms. The van der Waals surface area contributed by atoms with Crippen LogP contribution >= 0.6 is 11.3 Å². The first-order valence-corrected chi connectivity index (χ1v) is 5.43. The van der Waals surface area contributed by atoms with E-state index in [2.05, 4.69) is 0 Å². The largest absolute Gasteiger partial charge is 0.398 e. The summed E-state index contributed by atoms with van der Waals surface area (Å²) in [7, 11) is 0. The van der Waals surface area contributed by atoms with Crippen LogP contribution in [0.4, 0.5) is 10.1 Å². The molecule has 1 aromatic heterocycles. The van der Waals surface area contributed by atoms with E-state index < -0.39 is 0 Å². The van der Waals surface area contributed by atoms with Crippen LogP contribution in [-0.4, -0.2) is 0 Å². The maximum absolute atomic E-state index is 13.0. The number of anilines is 1. The number of nitrogens with two attached hydrogens (primary N) is 1. The summed E-state index contributed by atoms with van der Waals surface area (Å²) in [4.78, 5) is 0. The van der Waals surface area contributed by atoms with E-state index in [0.29, 0.717) is 0 Å². The Hall–Kier alpha value is -1.61. The highest BCUT2D eigenvalue weighted by atomic mass is 32.1. The van der Waals surface area contributed by atoms with Gasteiger partial charge in [0.2, 0.25) is 0 Å².